The predicted octanol–water partition coefficient (Wildman–Crippen LogP) is 4.95. The van der Waals surface area contributed by atoms with Crippen LogP contribution in [0.15, 0.2) is 46.9 Å². The van der Waals surface area contributed by atoms with Crippen LogP contribution in [0, 0.1) is 19.7 Å². The molecule has 2 heterocycles. The Bertz CT molecular complexity index is 1160. The number of carbonyl (C=O) groups excluding carboxylic acids is 1. The number of methoxy groups -OCH3 is 1. The molecule has 0 spiro atoms. The van der Waals surface area contributed by atoms with Gasteiger partial charge in [0.05, 0.1) is 12.8 Å². The lowest BCUT2D eigenvalue weighted by molar-refractivity contribution is -0.126. The molecule has 0 unspecified atom stereocenters. The zero-order chi connectivity index (χ0) is 22.1. The molecule has 0 aliphatic carbocycles. The molecule has 0 bridgehead atoms. The lowest BCUT2D eigenvalue weighted by Gasteiger charge is -2.35. The standard InChI is InChI=1S/C25H27FN2O3/c1-16(19-14-20-17(2)18(3)31-24(20)15-23(19)30-4)13-25(29)28-11-9-27(10-12-28)22-8-6-5-7-21(22)26/h5-8,13-15H,9-12H2,1-4H3/b16-13+. The minimum Gasteiger partial charge on any atom is -0.496 e. The number of hydrogen-bond donors (Lipinski definition) is 0. The van der Waals surface area contributed by atoms with Crippen molar-refractivity contribution < 1.29 is 18.3 Å². The van der Waals surface area contributed by atoms with Gasteiger partial charge in [0.25, 0.3) is 0 Å². The Labute approximate surface area is 181 Å². The average molecular weight is 423 g/mol. The van der Waals surface area contributed by atoms with Crippen LogP contribution in [-0.2, 0) is 4.79 Å². The second kappa shape index (κ2) is 8.46. The summed E-state index contributed by atoms with van der Waals surface area (Å²) in [6.45, 7) is 8.18. The Morgan fingerprint density at radius 3 is 2.52 bits per heavy atom. The van der Waals surface area contributed by atoms with Crippen molar-refractivity contribution in [2.75, 3.05) is 38.2 Å². The van der Waals surface area contributed by atoms with Gasteiger partial charge in [-0.3, -0.25) is 4.79 Å². The van der Waals surface area contributed by atoms with E-state index in [-0.39, 0.29) is 11.7 Å². The first kappa shape index (κ1) is 21.0. The zero-order valence-corrected chi connectivity index (χ0v) is 18.4. The van der Waals surface area contributed by atoms with Crippen molar-refractivity contribution >= 4 is 28.1 Å². The van der Waals surface area contributed by atoms with Crippen molar-refractivity contribution in [1.82, 2.24) is 4.90 Å². The Morgan fingerprint density at radius 1 is 1.13 bits per heavy atom. The number of amides is 1. The quantitative estimate of drug-likeness (QED) is 0.558. The fraction of sp³-hybridized carbons (Fsp3) is 0.320. The molecule has 0 radical (unpaired) electrons. The molecule has 4 rings (SSSR count). The van der Waals surface area contributed by atoms with E-state index in [0.717, 1.165) is 33.4 Å². The summed E-state index contributed by atoms with van der Waals surface area (Å²) >= 11 is 0. The number of allylic oxidation sites excluding steroid dienone is 1. The number of nitrogens with zero attached hydrogens (tertiary/aromatic N) is 2. The number of piperazine rings is 1. The molecule has 0 N–H and O–H groups in total. The molecule has 5 nitrogen and oxygen atoms in total. The lowest BCUT2D eigenvalue weighted by atomic mass is 10.0. The number of benzene rings is 2. The summed E-state index contributed by atoms with van der Waals surface area (Å²) in [7, 11) is 1.62. The SMILES string of the molecule is COc1cc2oc(C)c(C)c2cc1/C(C)=C/C(=O)N1CCN(c2ccccc2F)CC1. The molecule has 1 aliphatic heterocycles. The van der Waals surface area contributed by atoms with E-state index in [4.69, 9.17) is 9.15 Å². The van der Waals surface area contributed by atoms with Crippen LogP contribution >= 0.6 is 0 Å². The van der Waals surface area contributed by atoms with Gasteiger partial charge in [-0.1, -0.05) is 12.1 Å². The number of fused-ring (bicyclic) bond motifs is 1. The van der Waals surface area contributed by atoms with E-state index < -0.39 is 0 Å². The third-order valence-corrected chi connectivity index (χ3v) is 6.05. The molecule has 31 heavy (non-hydrogen) atoms. The number of rotatable bonds is 4. The van der Waals surface area contributed by atoms with Gasteiger partial charge in [-0.15, -0.1) is 0 Å². The van der Waals surface area contributed by atoms with Gasteiger partial charge in [0, 0.05) is 49.3 Å². The minimum absolute atomic E-state index is 0.0482. The molecular formula is C25H27FN2O3. The maximum Gasteiger partial charge on any atom is 0.246 e. The van der Waals surface area contributed by atoms with E-state index in [2.05, 4.69) is 0 Å². The molecular weight excluding hydrogens is 395 g/mol. The van der Waals surface area contributed by atoms with Gasteiger partial charge in [0.2, 0.25) is 5.91 Å². The van der Waals surface area contributed by atoms with Crippen LogP contribution in [0.1, 0.15) is 23.8 Å². The highest BCUT2D eigenvalue weighted by atomic mass is 19.1. The average Bonchev–Trinajstić information content (AvgIpc) is 3.06. The molecule has 3 aromatic rings. The second-order valence-electron chi connectivity index (χ2n) is 7.92. The van der Waals surface area contributed by atoms with Crippen molar-refractivity contribution in [3.8, 4) is 5.75 Å². The molecule has 6 heteroatoms. The molecule has 0 saturated carbocycles. The van der Waals surface area contributed by atoms with Crippen LogP contribution in [0.25, 0.3) is 16.5 Å². The van der Waals surface area contributed by atoms with Gasteiger partial charge in [-0.25, -0.2) is 4.39 Å². The number of anilines is 1. The van der Waals surface area contributed by atoms with Gasteiger partial charge in [0.1, 0.15) is 22.9 Å². The molecule has 1 aromatic heterocycles. The molecule has 1 amide bonds. The monoisotopic (exact) mass is 422 g/mol. The van der Waals surface area contributed by atoms with Crippen molar-refractivity contribution in [2.24, 2.45) is 0 Å². The minimum atomic E-state index is -0.231. The number of halogens is 1. The lowest BCUT2D eigenvalue weighted by Crippen LogP contribution is -2.48. The van der Waals surface area contributed by atoms with E-state index in [1.165, 1.54) is 6.07 Å². The van der Waals surface area contributed by atoms with E-state index in [1.807, 2.05) is 43.9 Å². The first-order valence-electron chi connectivity index (χ1n) is 10.4. The summed E-state index contributed by atoms with van der Waals surface area (Å²) in [4.78, 5) is 16.7. The van der Waals surface area contributed by atoms with Gasteiger partial charge in [-0.2, -0.15) is 0 Å². The van der Waals surface area contributed by atoms with Crippen molar-refractivity contribution in [2.45, 2.75) is 20.8 Å². The number of furan rings is 1. The maximum absolute atomic E-state index is 14.1. The Morgan fingerprint density at radius 2 is 1.84 bits per heavy atom. The summed E-state index contributed by atoms with van der Waals surface area (Å²) in [5.74, 6) is 1.27. The van der Waals surface area contributed by atoms with E-state index in [1.54, 1.807) is 30.2 Å². The normalized spacial score (nSPS) is 14.9. The number of aryl methyl sites for hydroxylation is 2. The van der Waals surface area contributed by atoms with Crippen LogP contribution in [0.5, 0.6) is 5.75 Å². The first-order valence-corrected chi connectivity index (χ1v) is 10.4. The maximum atomic E-state index is 14.1. The van der Waals surface area contributed by atoms with Crippen LogP contribution < -0.4 is 9.64 Å². The third-order valence-electron chi connectivity index (χ3n) is 6.05. The zero-order valence-electron chi connectivity index (χ0n) is 18.4. The largest absolute Gasteiger partial charge is 0.496 e. The van der Waals surface area contributed by atoms with Crippen LogP contribution in [0.4, 0.5) is 10.1 Å². The van der Waals surface area contributed by atoms with Crippen LogP contribution in [0.2, 0.25) is 0 Å². The van der Waals surface area contributed by atoms with Gasteiger partial charge >= 0.3 is 0 Å². The van der Waals surface area contributed by atoms with E-state index in [0.29, 0.717) is 37.6 Å². The van der Waals surface area contributed by atoms with Crippen molar-refractivity contribution in [3.05, 3.63) is 65.2 Å². The Kier molecular flexibility index (Phi) is 5.72. The molecule has 2 aromatic carbocycles. The predicted molar refractivity (Wildman–Crippen MR) is 121 cm³/mol. The highest BCUT2D eigenvalue weighted by Crippen LogP contribution is 2.35. The molecule has 162 valence electrons. The van der Waals surface area contributed by atoms with Crippen LogP contribution in [-0.4, -0.2) is 44.1 Å². The number of para-hydroxylation sites is 1. The fourth-order valence-electron chi connectivity index (χ4n) is 4.08. The number of ether oxygens (including phenoxy) is 1. The highest BCUT2D eigenvalue weighted by Gasteiger charge is 2.22. The van der Waals surface area contributed by atoms with E-state index >= 15 is 0 Å². The highest BCUT2D eigenvalue weighted by molar-refractivity contribution is 5.97. The first-order chi connectivity index (χ1) is 14.9. The van der Waals surface area contributed by atoms with Gasteiger partial charge in [-0.05, 0) is 50.1 Å². The van der Waals surface area contributed by atoms with Crippen molar-refractivity contribution in [3.63, 3.8) is 0 Å². The number of carbonyl (C=O) groups is 1. The van der Waals surface area contributed by atoms with Gasteiger partial charge < -0.3 is 19.0 Å². The summed E-state index contributed by atoms with van der Waals surface area (Å²) in [6, 6.07) is 10.7. The second-order valence-corrected chi connectivity index (χ2v) is 7.92. The third kappa shape index (κ3) is 4.02. The fourth-order valence-corrected chi connectivity index (χ4v) is 4.08. The summed E-state index contributed by atoms with van der Waals surface area (Å²) < 4.78 is 25.4. The smallest absolute Gasteiger partial charge is 0.246 e. The van der Waals surface area contributed by atoms with Gasteiger partial charge in [0.15, 0.2) is 0 Å². The molecule has 1 saturated heterocycles. The molecule has 1 fully saturated rings. The summed E-state index contributed by atoms with van der Waals surface area (Å²) in [6.07, 6.45) is 1.66. The Hall–Kier alpha value is -3.28. The molecule has 1 aliphatic rings. The Balaban J connectivity index is 1.52. The van der Waals surface area contributed by atoms with Crippen molar-refractivity contribution in [1.29, 1.82) is 0 Å². The summed E-state index contributed by atoms with van der Waals surface area (Å²) in [5, 5.41) is 1.02. The number of hydrogen-bond acceptors (Lipinski definition) is 4. The summed E-state index contributed by atoms with van der Waals surface area (Å²) in [5.41, 5.74) is 4.15. The topological polar surface area (TPSA) is 45.9 Å². The molecule has 0 atom stereocenters. The van der Waals surface area contributed by atoms with Crippen LogP contribution in [0.3, 0.4) is 0 Å². The van der Waals surface area contributed by atoms with E-state index in [9.17, 15) is 9.18 Å².